The van der Waals surface area contributed by atoms with Gasteiger partial charge < -0.3 is 4.74 Å². The summed E-state index contributed by atoms with van der Waals surface area (Å²) in [7, 11) is 1.70. The van der Waals surface area contributed by atoms with Crippen molar-refractivity contribution in [1.82, 2.24) is 9.97 Å². The summed E-state index contributed by atoms with van der Waals surface area (Å²) in [6, 6.07) is 31.4. The fourth-order valence-corrected chi connectivity index (χ4v) is 5.06. The third-order valence-electron chi connectivity index (χ3n) is 7.38. The van der Waals surface area contributed by atoms with Crippen LogP contribution in [-0.2, 0) is 10.8 Å². The predicted molar refractivity (Wildman–Crippen MR) is 173 cm³/mol. The van der Waals surface area contributed by atoms with Crippen LogP contribution in [0.2, 0.25) is 5.02 Å². The molecule has 5 aromatic rings. The highest BCUT2D eigenvalue weighted by atomic mass is 35.5. The molecular formula is C37H37ClN2O. The minimum atomic E-state index is 0.00956. The second kappa shape index (κ2) is 11.1. The average Bonchev–Trinajstić information content (AvgIpc) is 2.96. The van der Waals surface area contributed by atoms with Gasteiger partial charge in [0.25, 0.3) is 0 Å². The van der Waals surface area contributed by atoms with Crippen molar-refractivity contribution in [2.24, 2.45) is 0 Å². The van der Waals surface area contributed by atoms with Crippen molar-refractivity contribution >= 4 is 11.6 Å². The molecule has 208 valence electrons. The van der Waals surface area contributed by atoms with Crippen molar-refractivity contribution in [3.63, 3.8) is 0 Å². The van der Waals surface area contributed by atoms with Crippen molar-refractivity contribution in [2.45, 2.75) is 52.4 Å². The minimum absolute atomic E-state index is 0.00956. The van der Waals surface area contributed by atoms with Gasteiger partial charge in [-0.1, -0.05) is 102 Å². The van der Waals surface area contributed by atoms with Crippen LogP contribution in [0.15, 0.2) is 97.2 Å². The Bertz CT molecular complexity index is 1680. The summed E-state index contributed by atoms with van der Waals surface area (Å²) >= 11 is 6.28. The molecule has 2 aromatic heterocycles. The summed E-state index contributed by atoms with van der Waals surface area (Å²) in [6.45, 7) is 13.6. The summed E-state index contributed by atoms with van der Waals surface area (Å²) in [5.41, 5.74) is 10.4. The molecule has 0 saturated carbocycles. The van der Waals surface area contributed by atoms with Gasteiger partial charge in [0, 0.05) is 27.9 Å². The highest BCUT2D eigenvalue weighted by Crippen LogP contribution is 2.38. The number of aromatic nitrogens is 2. The quantitative estimate of drug-likeness (QED) is 0.214. The van der Waals surface area contributed by atoms with Crippen LogP contribution in [0, 0.1) is 0 Å². The maximum atomic E-state index is 6.28. The van der Waals surface area contributed by atoms with Crippen LogP contribution in [0.3, 0.4) is 0 Å². The topological polar surface area (TPSA) is 35.0 Å². The Morgan fingerprint density at radius 1 is 0.585 bits per heavy atom. The zero-order valence-corrected chi connectivity index (χ0v) is 25.7. The van der Waals surface area contributed by atoms with Gasteiger partial charge in [-0.05, 0) is 75.5 Å². The molecular weight excluding hydrogens is 524 g/mol. The predicted octanol–water partition coefficient (Wildman–Crippen LogP) is 10.4. The largest absolute Gasteiger partial charge is 0.496 e. The van der Waals surface area contributed by atoms with Gasteiger partial charge in [0.15, 0.2) is 0 Å². The van der Waals surface area contributed by atoms with E-state index in [0.29, 0.717) is 5.02 Å². The molecule has 0 radical (unpaired) electrons. The van der Waals surface area contributed by atoms with E-state index in [1.165, 1.54) is 16.7 Å². The molecule has 0 fully saturated rings. The molecule has 0 saturated heterocycles. The molecule has 0 unspecified atom stereocenters. The number of hydrogen-bond donors (Lipinski definition) is 0. The number of pyridine rings is 2. The molecule has 41 heavy (non-hydrogen) atoms. The van der Waals surface area contributed by atoms with Crippen molar-refractivity contribution in [3.8, 4) is 50.6 Å². The molecule has 0 aliphatic rings. The number of nitrogens with zero attached hydrogens (tertiary/aromatic N) is 2. The van der Waals surface area contributed by atoms with Gasteiger partial charge in [-0.25, -0.2) is 4.98 Å². The van der Waals surface area contributed by atoms with Crippen LogP contribution in [0.25, 0.3) is 44.9 Å². The number of para-hydroxylation sites is 1. The van der Waals surface area contributed by atoms with Gasteiger partial charge in [0.1, 0.15) is 5.75 Å². The molecule has 5 rings (SSSR count). The number of ether oxygens (including phenoxy) is 1. The summed E-state index contributed by atoms with van der Waals surface area (Å²) in [6.07, 6.45) is 1.73. The number of rotatable bonds is 5. The van der Waals surface area contributed by atoms with Crippen molar-refractivity contribution < 1.29 is 4.74 Å². The van der Waals surface area contributed by atoms with Crippen LogP contribution < -0.4 is 4.74 Å². The number of methoxy groups -OCH3 is 1. The van der Waals surface area contributed by atoms with Gasteiger partial charge in [-0.2, -0.15) is 0 Å². The van der Waals surface area contributed by atoms with E-state index in [1.807, 2.05) is 30.3 Å². The standard InChI is InChI=1S/C37H37ClN2O/c1-36(2,3)28-18-26(19-29(22-28)37(4,5)6)27-20-33(40-34(21-27)31-13-8-9-14-35(31)41-7)25-12-10-11-24(17-25)32-23-30(38)15-16-39-32/h8-23H,1-7H3. The first kappa shape index (κ1) is 28.6. The summed E-state index contributed by atoms with van der Waals surface area (Å²) in [4.78, 5) is 9.72. The molecule has 0 bridgehead atoms. The first-order valence-corrected chi connectivity index (χ1v) is 14.3. The Balaban J connectivity index is 1.75. The molecule has 0 atom stereocenters. The maximum absolute atomic E-state index is 6.28. The van der Waals surface area contributed by atoms with E-state index in [0.717, 1.165) is 45.1 Å². The first-order chi connectivity index (χ1) is 19.4. The third kappa shape index (κ3) is 6.36. The van der Waals surface area contributed by atoms with Crippen LogP contribution in [-0.4, -0.2) is 17.1 Å². The van der Waals surface area contributed by atoms with Crippen molar-refractivity contribution in [1.29, 1.82) is 0 Å². The molecule has 4 heteroatoms. The highest BCUT2D eigenvalue weighted by molar-refractivity contribution is 6.30. The second-order valence-corrected chi connectivity index (χ2v) is 13.0. The fourth-order valence-electron chi connectivity index (χ4n) is 4.90. The molecule has 0 aliphatic carbocycles. The number of halogens is 1. The van der Waals surface area contributed by atoms with Crippen LogP contribution >= 0.6 is 11.6 Å². The minimum Gasteiger partial charge on any atom is -0.496 e. The van der Waals surface area contributed by atoms with E-state index >= 15 is 0 Å². The molecule has 3 nitrogen and oxygen atoms in total. The lowest BCUT2D eigenvalue weighted by molar-refractivity contribution is 0.416. The van der Waals surface area contributed by atoms with Crippen LogP contribution in [0.4, 0.5) is 0 Å². The fraction of sp³-hybridized carbons (Fsp3) is 0.243. The van der Waals surface area contributed by atoms with E-state index in [2.05, 4.69) is 101 Å². The highest BCUT2D eigenvalue weighted by Gasteiger charge is 2.22. The second-order valence-electron chi connectivity index (χ2n) is 12.6. The Labute approximate surface area is 249 Å². The average molecular weight is 561 g/mol. The number of benzene rings is 3. The first-order valence-electron chi connectivity index (χ1n) is 14.0. The Hall–Kier alpha value is -3.95. The molecule has 0 amide bonds. The van der Waals surface area contributed by atoms with Gasteiger partial charge >= 0.3 is 0 Å². The summed E-state index contributed by atoms with van der Waals surface area (Å²) in [5, 5.41) is 0.660. The van der Waals surface area contributed by atoms with E-state index in [9.17, 15) is 0 Å². The molecule has 2 heterocycles. The zero-order valence-electron chi connectivity index (χ0n) is 24.9. The van der Waals surface area contributed by atoms with Gasteiger partial charge in [-0.3, -0.25) is 4.98 Å². The normalized spacial score (nSPS) is 11.9. The Kier molecular flexibility index (Phi) is 7.76. The van der Waals surface area contributed by atoms with Crippen LogP contribution in [0.1, 0.15) is 52.7 Å². The van der Waals surface area contributed by atoms with Gasteiger partial charge in [0.05, 0.1) is 24.2 Å². The maximum Gasteiger partial charge on any atom is 0.128 e. The van der Waals surface area contributed by atoms with E-state index < -0.39 is 0 Å². The zero-order chi connectivity index (χ0) is 29.4. The summed E-state index contributed by atoms with van der Waals surface area (Å²) in [5.74, 6) is 0.791. The monoisotopic (exact) mass is 560 g/mol. The smallest absolute Gasteiger partial charge is 0.128 e. The number of hydrogen-bond acceptors (Lipinski definition) is 3. The van der Waals surface area contributed by atoms with Crippen molar-refractivity contribution in [3.05, 3.63) is 113 Å². The van der Waals surface area contributed by atoms with Gasteiger partial charge in [0.2, 0.25) is 0 Å². The summed E-state index contributed by atoms with van der Waals surface area (Å²) < 4.78 is 5.75. The van der Waals surface area contributed by atoms with Gasteiger partial charge in [-0.15, -0.1) is 0 Å². The third-order valence-corrected chi connectivity index (χ3v) is 7.62. The molecule has 3 aromatic carbocycles. The van der Waals surface area contributed by atoms with E-state index in [1.54, 1.807) is 19.4 Å². The lowest BCUT2D eigenvalue weighted by atomic mass is 9.79. The van der Waals surface area contributed by atoms with E-state index in [4.69, 9.17) is 21.3 Å². The van der Waals surface area contributed by atoms with Crippen LogP contribution in [0.5, 0.6) is 5.75 Å². The Morgan fingerprint density at radius 2 is 1.20 bits per heavy atom. The lowest BCUT2D eigenvalue weighted by Crippen LogP contribution is -2.16. The lowest BCUT2D eigenvalue weighted by Gasteiger charge is -2.26. The molecule has 0 N–H and O–H groups in total. The molecule has 0 spiro atoms. The van der Waals surface area contributed by atoms with Crippen molar-refractivity contribution in [2.75, 3.05) is 7.11 Å². The SMILES string of the molecule is COc1ccccc1-c1cc(-c2cc(C(C)(C)C)cc(C(C)(C)C)c2)cc(-c2cccc(-c3cc(Cl)ccn3)c2)n1. The Morgan fingerprint density at radius 3 is 1.83 bits per heavy atom. The van der Waals surface area contributed by atoms with E-state index in [-0.39, 0.29) is 10.8 Å². The molecule has 0 aliphatic heterocycles.